The van der Waals surface area contributed by atoms with E-state index in [1.165, 1.54) is 7.11 Å². The Hall–Kier alpha value is -2.45. The lowest BCUT2D eigenvalue weighted by molar-refractivity contribution is -0.147. The van der Waals surface area contributed by atoms with E-state index in [0.717, 1.165) is 31.2 Å². The third kappa shape index (κ3) is 8.30. The first-order valence-electron chi connectivity index (χ1n) is 13.0. The van der Waals surface area contributed by atoms with Gasteiger partial charge >= 0.3 is 5.97 Å². The van der Waals surface area contributed by atoms with E-state index < -0.39 is 24.0 Å². The fraction of sp³-hybridized carbons (Fsp3) is 0.679. The lowest BCUT2D eigenvalue weighted by Crippen LogP contribution is -2.52. The van der Waals surface area contributed by atoms with Gasteiger partial charge < -0.3 is 24.4 Å². The van der Waals surface area contributed by atoms with Gasteiger partial charge in [0.25, 0.3) is 0 Å². The molecular weight excluding hydrogens is 460 g/mol. The van der Waals surface area contributed by atoms with Crippen molar-refractivity contribution < 1.29 is 28.6 Å². The summed E-state index contributed by atoms with van der Waals surface area (Å²) in [6, 6.07) is 8.45. The van der Waals surface area contributed by atoms with Crippen molar-refractivity contribution >= 4 is 17.8 Å². The van der Waals surface area contributed by atoms with Crippen molar-refractivity contribution in [3.8, 4) is 0 Å². The Balaban J connectivity index is 2.08. The summed E-state index contributed by atoms with van der Waals surface area (Å²) in [6.07, 6.45) is 3.50. The van der Waals surface area contributed by atoms with E-state index in [2.05, 4.69) is 19.2 Å². The van der Waals surface area contributed by atoms with E-state index in [0.29, 0.717) is 25.3 Å². The van der Waals surface area contributed by atoms with Gasteiger partial charge in [0.15, 0.2) is 0 Å². The van der Waals surface area contributed by atoms with Crippen LogP contribution in [0.2, 0.25) is 0 Å². The Labute approximate surface area is 216 Å². The molecule has 2 rings (SSSR count). The highest BCUT2D eigenvalue weighted by Crippen LogP contribution is 2.28. The quantitative estimate of drug-likeness (QED) is 0.391. The maximum atomic E-state index is 13.3. The Morgan fingerprint density at radius 1 is 1.08 bits per heavy atom. The van der Waals surface area contributed by atoms with Gasteiger partial charge in [-0.15, -0.1) is 0 Å². The first kappa shape index (κ1) is 29.8. The summed E-state index contributed by atoms with van der Waals surface area (Å²) in [5.41, 5.74) is 0.918. The van der Waals surface area contributed by atoms with Crippen molar-refractivity contribution in [2.24, 2.45) is 11.8 Å². The molecule has 0 radical (unpaired) electrons. The summed E-state index contributed by atoms with van der Waals surface area (Å²) in [4.78, 5) is 40.8. The largest absolute Gasteiger partial charge is 0.467 e. The number of hydrogen-bond donors (Lipinski definition) is 1. The van der Waals surface area contributed by atoms with Crippen molar-refractivity contribution in [3.05, 3.63) is 35.9 Å². The van der Waals surface area contributed by atoms with E-state index >= 15 is 0 Å². The smallest absolute Gasteiger partial charge is 0.328 e. The van der Waals surface area contributed by atoms with Crippen molar-refractivity contribution in [1.29, 1.82) is 0 Å². The molecule has 6 atom stereocenters. The van der Waals surface area contributed by atoms with Crippen LogP contribution in [-0.2, 0) is 35.0 Å². The molecule has 0 bridgehead atoms. The lowest BCUT2D eigenvalue weighted by Gasteiger charge is -2.35. The molecule has 36 heavy (non-hydrogen) atoms. The van der Waals surface area contributed by atoms with Crippen molar-refractivity contribution in [2.75, 3.05) is 27.9 Å². The maximum absolute atomic E-state index is 13.3. The van der Waals surface area contributed by atoms with Crippen LogP contribution in [0.1, 0.15) is 58.4 Å². The Morgan fingerprint density at radius 2 is 1.78 bits per heavy atom. The fourth-order valence-electron chi connectivity index (χ4n) is 4.97. The number of likely N-dealkylation sites (tertiary alicyclic amines) is 1. The van der Waals surface area contributed by atoms with Crippen LogP contribution in [0, 0.1) is 11.8 Å². The Bertz CT molecular complexity index is 833. The minimum absolute atomic E-state index is 0.0267. The summed E-state index contributed by atoms with van der Waals surface area (Å²) < 4.78 is 16.3. The van der Waals surface area contributed by atoms with Gasteiger partial charge in [-0.1, -0.05) is 57.5 Å². The van der Waals surface area contributed by atoms with E-state index in [-0.39, 0.29) is 24.0 Å². The van der Waals surface area contributed by atoms with Crippen LogP contribution in [0.5, 0.6) is 0 Å². The molecule has 0 aromatic heterocycles. The highest BCUT2D eigenvalue weighted by Gasteiger charge is 2.40. The van der Waals surface area contributed by atoms with Gasteiger partial charge in [-0.3, -0.25) is 9.59 Å². The molecule has 1 aromatic rings. The molecule has 1 aliphatic heterocycles. The third-order valence-electron chi connectivity index (χ3n) is 7.36. The van der Waals surface area contributed by atoms with Crippen molar-refractivity contribution in [2.45, 2.75) is 83.6 Å². The minimum atomic E-state index is -0.811. The molecule has 8 nitrogen and oxygen atoms in total. The van der Waals surface area contributed by atoms with Crippen LogP contribution in [0.15, 0.2) is 30.3 Å². The number of amides is 2. The van der Waals surface area contributed by atoms with Crippen LogP contribution in [0.25, 0.3) is 0 Å². The zero-order chi connectivity index (χ0) is 26.7. The summed E-state index contributed by atoms with van der Waals surface area (Å²) in [5.74, 6) is -0.878. The molecule has 202 valence electrons. The molecule has 8 heteroatoms. The van der Waals surface area contributed by atoms with Gasteiger partial charge in [0, 0.05) is 27.2 Å². The molecule has 1 aromatic carbocycles. The summed E-state index contributed by atoms with van der Waals surface area (Å²) in [7, 11) is 4.53. The topological polar surface area (TPSA) is 94.2 Å². The number of methoxy groups -OCH3 is 3. The monoisotopic (exact) mass is 504 g/mol. The highest BCUT2D eigenvalue weighted by atomic mass is 16.5. The van der Waals surface area contributed by atoms with Gasteiger partial charge in [0.05, 0.1) is 37.7 Å². The number of nitrogens with zero attached hydrogens (tertiary/aromatic N) is 1. The molecule has 1 fully saturated rings. The number of carbonyl (C=O) groups excluding carboxylic acids is 3. The number of carbonyl (C=O) groups is 3. The zero-order valence-electron chi connectivity index (χ0n) is 22.7. The van der Waals surface area contributed by atoms with Gasteiger partial charge in [-0.2, -0.15) is 0 Å². The first-order chi connectivity index (χ1) is 17.2. The molecule has 6 unspecified atom stereocenters. The van der Waals surface area contributed by atoms with E-state index in [4.69, 9.17) is 14.2 Å². The van der Waals surface area contributed by atoms with Crippen LogP contribution in [-0.4, -0.2) is 74.8 Å². The molecule has 2 amide bonds. The van der Waals surface area contributed by atoms with Crippen molar-refractivity contribution in [3.63, 3.8) is 0 Å². The Kier molecular flexibility index (Phi) is 12.4. The van der Waals surface area contributed by atoms with Crippen LogP contribution in [0.4, 0.5) is 0 Å². The predicted octanol–water partition coefficient (Wildman–Crippen LogP) is 3.37. The number of benzene rings is 1. The van der Waals surface area contributed by atoms with Gasteiger partial charge in [0.1, 0.15) is 6.04 Å². The summed E-state index contributed by atoms with van der Waals surface area (Å²) in [6.45, 7) is 6.71. The maximum Gasteiger partial charge on any atom is 0.328 e. The second-order valence-corrected chi connectivity index (χ2v) is 9.87. The van der Waals surface area contributed by atoms with E-state index in [1.807, 2.05) is 35.2 Å². The van der Waals surface area contributed by atoms with Gasteiger partial charge in [-0.25, -0.2) is 4.79 Å². The summed E-state index contributed by atoms with van der Waals surface area (Å²) in [5, 5.41) is 2.85. The first-order valence-corrected chi connectivity index (χ1v) is 13.0. The molecule has 1 N–H and O–H groups in total. The normalized spacial score (nSPS) is 19.7. The van der Waals surface area contributed by atoms with Crippen LogP contribution in [0.3, 0.4) is 0 Å². The number of rotatable bonds is 14. The molecule has 1 heterocycles. The zero-order valence-corrected chi connectivity index (χ0v) is 22.7. The fourth-order valence-corrected chi connectivity index (χ4v) is 4.97. The third-order valence-corrected chi connectivity index (χ3v) is 7.36. The molecule has 0 aliphatic carbocycles. The van der Waals surface area contributed by atoms with Crippen molar-refractivity contribution in [1.82, 2.24) is 10.2 Å². The molecule has 1 aliphatic rings. The molecular formula is C28H44N2O6. The number of ether oxygens (including phenoxy) is 3. The standard InChI is InChI=1S/C28H44N2O6/c1-7-19(2)16-22(34-4)18-25(31)30-15-11-14-24(30)26(35-5)20(3)27(32)29-23(28(33)36-6)17-21-12-9-8-10-13-21/h8-10,12-13,19-20,22-24,26H,7,11,14-18H2,1-6H3,(H,29,32). The second kappa shape index (κ2) is 15.0. The van der Waals surface area contributed by atoms with E-state index in [1.54, 1.807) is 21.1 Å². The average molecular weight is 505 g/mol. The SMILES string of the molecule is CCC(C)CC(CC(=O)N1CCCC1C(OC)C(C)C(=O)NC(Cc1ccccc1)C(=O)OC)OC. The highest BCUT2D eigenvalue weighted by molar-refractivity contribution is 5.86. The predicted molar refractivity (Wildman–Crippen MR) is 138 cm³/mol. The van der Waals surface area contributed by atoms with Crippen LogP contribution >= 0.6 is 0 Å². The number of esters is 1. The van der Waals surface area contributed by atoms with Gasteiger partial charge in [0.2, 0.25) is 11.8 Å². The molecule has 0 spiro atoms. The Morgan fingerprint density at radius 3 is 2.36 bits per heavy atom. The van der Waals surface area contributed by atoms with Crippen LogP contribution < -0.4 is 5.32 Å². The second-order valence-electron chi connectivity index (χ2n) is 9.87. The number of hydrogen-bond acceptors (Lipinski definition) is 6. The minimum Gasteiger partial charge on any atom is -0.467 e. The average Bonchev–Trinajstić information content (AvgIpc) is 3.37. The summed E-state index contributed by atoms with van der Waals surface area (Å²) >= 11 is 0. The number of nitrogens with one attached hydrogen (secondary N) is 1. The molecule has 0 saturated carbocycles. The molecule has 1 saturated heterocycles. The van der Waals surface area contributed by atoms with E-state index in [9.17, 15) is 14.4 Å². The van der Waals surface area contributed by atoms with Gasteiger partial charge in [-0.05, 0) is 30.7 Å². The lowest BCUT2D eigenvalue weighted by atomic mass is 9.93.